The van der Waals surface area contributed by atoms with E-state index in [1.807, 2.05) is 6.92 Å². The summed E-state index contributed by atoms with van der Waals surface area (Å²) >= 11 is 1.30. The molecule has 2 aromatic carbocycles. The van der Waals surface area contributed by atoms with Crippen molar-refractivity contribution in [3.05, 3.63) is 66.2 Å². The summed E-state index contributed by atoms with van der Waals surface area (Å²) in [7, 11) is -2.64. The maximum Gasteiger partial charge on any atom is 0.299 e. The van der Waals surface area contributed by atoms with Crippen molar-refractivity contribution in [1.82, 2.24) is 14.6 Å². The quantitative estimate of drug-likeness (QED) is 0.492. The Kier molecular flexibility index (Phi) is 4.52. The molecule has 0 N–H and O–H groups in total. The van der Waals surface area contributed by atoms with Crippen LogP contribution in [0, 0.1) is 12.7 Å². The highest BCUT2D eigenvalue weighted by Gasteiger charge is 2.24. The van der Waals surface area contributed by atoms with Gasteiger partial charge >= 0.3 is 0 Å². The third kappa shape index (κ3) is 3.32. The van der Waals surface area contributed by atoms with Gasteiger partial charge in [-0.15, -0.1) is 5.10 Å². The van der Waals surface area contributed by atoms with Crippen LogP contribution in [-0.4, -0.2) is 30.1 Å². The topological polar surface area (TPSA) is 76.8 Å². The van der Waals surface area contributed by atoms with E-state index in [0.29, 0.717) is 16.6 Å². The number of halogens is 1. The van der Waals surface area contributed by atoms with Crippen molar-refractivity contribution >= 4 is 32.0 Å². The van der Waals surface area contributed by atoms with Gasteiger partial charge in [0.15, 0.2) is 0 Å². The minimum Gasteiger partial charge on any atom is -0.430 e. The number of hydrogen-bond donors (Lipinski definition) is 0. The third-order valence-electron chi connectivity index (χ3n) is 4.03. The van der Waals surface area contributed by atoms with Crippen molar-refractivity contribution in [2.45, 2.75) is 11.8 Å². The Morgan fingerprint density at radius 3 is 2.54 bits per heavy atom. The highest BCUT2D eigenvalue weighted by molar-refractivity contribution is 7.92. The average molecular weight is 418 g/mol. The first-order valence-electron chi connectivity index (χ1n) is 8.19. The summed E-state index contributed by atoms with van der Waals surface area (Å²) in [5.41, 5.74) is 1.24. The maximum absolute atomic E-state index is 13.9. The predicted molar refractivity (Wildman–Crippen MR) is 104 cm³/mol. The van der Waals surface area contributed by atoms with Gasteiger partial charge in [-0.05, 0) is 54.7 Å². The summed E-state index contributed by atoms with van der Waals surface area (Å²) in [6, 6.07) is 11.7. The van der Waals surface area contributed by atoms with Crippen molar-refractivity contribution < 1.29 is 17.5 Å². The fourth-order valence-corrected chi connectivity index (χ4v) is 4.66. The largest absolute Gasteiger partial charge is 0.430 e. The van der Waals surface area contributed by atoms with Gasteiger partial charge in [0.25, 0.3) is 15.2 Å². The lowest BCUT2D eigenvalue weighted by Crippen LogP contribution is -2.27. The van der Waals surface area contributed by atoms with Gasteiger partial charge in [-0.3, -0.25) is 4.31 Å². The first kappa shape index (κ1) is 18.4. The zero-order chi connectivity index (χ0) is 19.9. The van der Waals surface area contributed by atoms with E-state index in [-0.39, 0.29) is 4.90 Å². The standard InChI is InChI=1S/C18H15FN4O3S2/c1-12-11-23-17(20-12)27-18(21-23)26-14-9-7-13(8-10-14)22(2)28(24,25)16-6-4-3-5-15(16)19/h3-11H,1-2H3. The van der Waals surface area contributed by atoms with E-state index >= 15 is 0 Å². The molecule has 0 aliphatic carbocycles. The van der Waals surface area contributed by atoms with Gasteiger partial charge in [0.2, 0.25) is 4.96 Å². The molecule has 28 heavy (non-hydrogen) atoms. The first-order valence-corrected chi connectivity index (χ1v) is 10.4. The van der Waals surface area contributed by atoms with Crippen LogP contribution in [0.2, 0.25) is 0 Å². The minimum atomic E-state index is -4.01. The number of sulfonamides is 1. The molecule has 0 radical (unpaired) electrons. The zero-order valence-corrected chi connectivity index (χ0v) is 16.5. The molecule has 0 atom stereocenters. The molecule has 0 aliphatic rings. The van der Waals surface area contributed by atoms with Gasteiger partial charge in [0.1, 0.15) is 16.5 Å². The molecule has 0 saturated carbocycles. The van der Waals surface area contributed by atoms with Crippen LogP contribution in [0.5, 0.6) is 10.9 Å². The van der Waals surface area contributed by atoms with Crippen LogP contribution in [0.25, 0.3) is 4.96 Å². The molecule has 7 nitrogen and oxygen atoms in total. The van der Waals surface area contributed by atoms with Crippen molar-refractivity contribution in [1.29, 1.82) is 0 Å². The van der Waals surface area contributed by atoms with E-state index in [2.05, 4.69) is 10.1 Å². The number of hydrogen-bond acceptors (Lipinski definition) is 6. The monoisotopic (exact) mass is 418 g/mol. The number of rotatable bonds is 5. The van der Waals surface area contributed by atoms with E-state index in [4.69, 9.17) is 4.74 Å². The Bertz CT molecular complexity index is 1220. The molecule has 2 aromatic heterocycles. The summed E-state index contributed by atoms with van der Waals surface area (Å²) < 4.78 is 47.6. The van der Waals surface area contributed by atoms with Crippen molar-refractivity contribution in [2.75, 3.05) is 11.4 Å². The minimum absolute atomic E-state index is 0.375. The van der Waals surface area contributed by atoms with Crippen molar-refractivity contribution in [2.24, 2.45) is 0 Å². The molecule has 4 aromatic rings. The molecule has 4 rings (SSSR count). The highest BCUT2D eigenvalue weighted by atomic mass is 32.2. The van der Waals surface area contributed by atoms with Gasteiger partial charge < -0.3 is 4.74 Å². The molecule has 0 saturated heterocycles. The lowest BCUT2D eigenvalue weighted by molar-refractivity contribution is 0.470. The summed E-state index contributed by atoms with van der Waals surface area (Å²) in [5.74, 6) is -0.299. The van der Waals surface area contributed by atoms with Crippen molar-refractivity contribution in [3.8, 4) is 10.9 Å². The number of nitrogens with zero attached hydrogens (tertiary/aromatic N) is 4. The fraction of sp³-hybridized carbons (Fsp3) is 0.111. The average Bonchev–Trinajstić information content (AvgIpc) is 3.18. The van der Waals surface area contributed by atoms with Crippen LogP contribution >= 0.6 is 11.3 Å². The van der Waals surface area contributed by atoms with Crippen molar-refractivity contribution in [3.63, 3.8) is 0 Å². The number of ether oxygens (including phenoxy) is 1. The van der Waals surface area contributed by atoms with Gasteiger partial charge in [-0.2, -0.15) is 0 Å². The second kappa shape index (κ2) is 6.88. The molecule has 0 aliphatic heterocycles. The van der Waals surface area contributed by atoms with Crippen LogP contribution < -0.4 is 9.04 Å². The molecule has 2 heterocycles. The highest BCUT2D eigenvalue weighted by Crippen LogP contribution is 2.30. The van der Waals surface area contributed by atoms with Crippen LogP contribution in [0.4, 0.5) is 10.1 Å². The first-order chi connectivity index (χ1) is 13.3. The second-order valence-electron chi connectivity index (χ2n) is 5.98. The summed E-state index contributed by atoms with van der Waals surface area (Å²) in [6.07, 6.45) is 1.80. The Hall–Kier alpha value is -2.98. The van der Waals surface area contributed by atoms with E-state index in [1.54, 1.807) is 35.0 Å². The SMILES string of the molecule is Cc1cn2nc(Oc3ccc(N(C)S(=O)(=O)c4ccccc4F)cc3)sc2n1. The molecule has 144 valence electrons. The van der Waals surface area contributed by atoms with E-state index in [0.717, 1.165) is 21.0 Å². The Balaban J connectivity index is 1.55. The summed E-state index contributed by atoms with van der Waals surface area (Å²) in [4.78, 5) is 4.66. The number of imidazole rings is 1. The molecule has 0 bridgehead atoms. The summed E-state index contributed by atoms with van der Waals surface area (Å²) in [5, 5.41) is 4.70. The normalized spacial score (nSPS) is 11.7. The van der Waals surface area contributed by atoms with Crippen LogP contribution in [0.1, 0.15) is 5.69 Å². The Labute approximate surface area is 164 Å². The van der Waals surface area contributed by atoms with E-state index in [9.17, 15) is 12.8 Å². The third-order valence-corrected chi connectivity index (χ3v) is 6.64. The van der Waals surface area contributed by atoms with Gasteiger partial charge in [-0.25, -0.2) is 22.3 Å². The molecule has 0 amide bonds. The second-order valence-corrected chi connectivity index (χ2v) is 8.83. The fourth-order valence-electron chi connectivity index (χ4n) is 2.60. The number of fused-ring (bicyclic) bond motifs is 1. The molecular formula is C18H15FN4O3S2. The number of aromatic nitrogens is 3. The lowest BCUT2D eigenvalue weighted by atomic mass is 10.3. The molecule has 0 fully saturated rings. The smallest absolute Gasteiger partial charge is 0.299 e. The summed E-state index contributed by atoms with van der Waals surface area (Å²) in [6.45, 7) is 1.88. The Morgan fingerprint density at radius 2 is 1.86 bits per heavy atom. The molecule has 10 heteroatoms. The molecule has 0 spiro atoms. The number of benzene rings is 2. The van der Waals surface area contributed by atoms with Crippen LogP contribution in [-0.2, 0) is 10.0 Å². The molecular weight excluding hydrogens is 403 g/mol. The Morgan fingerprint density at radius 1 is 1.14 bits per heavy atom. The number of anilines is 1. The van der Waals surface area contributed by atoms with Gasteiger partial charge in [-0.1, -0.05) is 12.1 Å². The zero-order valence-electron chi connectivity index (χ0n) is 14.9. The van der Waals surface area contributed by atoms with E-state index < -0.39 is 15.8 Å². The molecule has 0 unspecified atom stereocenters. The van der Waals surface area contributed by atoms with Crippen LogP contribution in [0.3, 0.4) is 0 Å². The number of aryl methyl sites for hydroxylation is 1. The van der Waals surface area contributed by atoms with Gasteiger partial charge in [0.05, 0.1) is 17.6 Å². The lowest BCUT2D eigenvalue weighted by Gasteiger charge is -2.20. The van der Waals surface area contributed by atoms with E-state index in [1.165, 1.54) is 36.6 Å². The predicted octanol–water partition coefficient (Wildman–Crippen LogP) is 3.86. The van der Waals surface area contributed by atoms with Crippen LogP contribution in [0.15, 0.2) is 59.6 Å². The maximum atomic E-state index is 13.9. The van der Waals surface area contributed by atoms with Gasteiger partial charge in [0, 0.05) is 7.05 Å².